The third-order valence-corrected chi connectivity index (χ3v) is 5.30. The molecule has 1 saturated heterocycles. The minimum Gasteiger partial charge on any atom is -0.418 e. The highest BCUT2D eigenvalue weighted by molar-refractivity contribution is 7.13. The highest BCUT2D eigenvalue weighted by atomic mass is 32.1. The molecule has 2 aromatic heterocycles. The van der Waals surface area contributed by atoms with Gasteiger partial charge in [0, 0.05) is 6.54 Å². The van der Waals surface area contributed by atoms with E-state index in [1.54, 1.807) is 17.4 Å². The van der Waals surface area contributed by atoms with Gasteiger partial charge in [0.05, 0.1) is 10.9 Å². The molecule has 0 spiro atoms. The molecule has 3 aromatic rings. The summed E-state index contributed by atoms with van der Waals surface area (Å²) in [7, 11) is 0. The van der Waals surface area contributed by atoms with Gasteiger partial charge in [0.1, 0.15) is 0 Å². The van der Waals surface area contributed by atoms with Crippen molar-refractivity contribution < 1.29 is 13.2 Å². The van der Waals surface area contributed by atoms with E-state index in [9.17, 15) is 8.78 Å². The van der Waals surface area contributed by atoms with E-state index >= 15 is 0 Å². The van der Waals surface area contributed by atoms with Gasteiger partial charge >= 0.3 is 0 Å². The van der Waals surface area contributed by atoms with Gasteiger partial charge in [-0.25, -0.2) is 8.78 Å². The largest absolute Gasteiger partial charge is 0.418 e. The zero-order valence-electron chi connectivity index (χ0n) is 13.5. The van der Waals surface area contributed by atoms with Gasteiger partial charge in [-0.1, -0.05) is 18.6 Å². The first-order chi connectivity index (χ1) is 12.2. The summed E-state index contributed by atoms with van der Waals surface area (Å²) in [5.41, 5.74) is 0.740. The summed E-state index contributed by atoms with van der Waals surface area (Å²) in [5.74, 6) is -0.519. The fourth-order valence-corrected chi connectivity index (χ4v) is 3.85. The Morgan fingerprint density at radius 1 is 1.16 bits per heavy atom. The lowest BCUT2D eigenvalue weighted by molar-refractivity contribution is 0.118. The molecule has 0 bridgehead atoms. The second-order valence-corrected chi connectivity index (χ2v) is 7.10. The Kier molecular flexibility index (Phi) is 4.59. The number of rotatable bonds is 4. The van der Waals surface area contributed by atoms with E-state index in [1.807, 2.05) is 17.5 Å². The van der Waals surface area contributed by atoms with Gasteiger partial charge in [-0.15, -0.1) is 21.5 Å². The summed E-state index contributed by atoms with van der Waals surface area (Å²) in [6, 6.07) is 7.94. The van der Waals surface area contributed by atoms with E-state index in [0.717, 1.165) is 36.2 Å². The van der Waals surface area contributed by atoms with E-state index < -0.39 is 11.6 Å². The normalized spacial score (nSPS) is 18.6. The van der Waals surface area contributed by atoms with Crippen LogP contribution in [0.25, 0.3) is 10.8 Å². The quantitative estimate of drug-likeness (QED) is 0.669. The molecular weight excluding hydrogens is 344 g/mol. The fourth-order valence-electron chi connectivity index (χ4n) is 3.20. The number of aromatic nitrogens is 2. The SMILES string of the molecule is Fc1ccc(CN2CCCCC2c2nnc(-c3cccs3)o2)cc1F. The lowest BCUT2D eigenvalue weighted by Gasteiger charge is -2.33. The van der Waals surface area contributed by atoms with Crippen LogP contribution in [-0.2, 0) is 6.54 Å². The monoisotopic (exact) mass is 361 g/mol. The van der Waals surface area contributed by atoms with Crippen LogP contribution in [0, 0.1) is 11.6 Å². The molecule has 7 heteroatoms. The molecule has 1 atom stereocenters. The Morgan fingerprint density at radius 3 is 2.88 bits per heavy atom. The molecule has 0 radical (unpaired) electrons. The number of likely N-dealkylation sites (tertiary alicyclic amines) is 1. The molecule has 130 valence electrons. The van der Waals surface area contributed by atoms with Crippen molar-refractivity contribution in [2.45, 2.75) is 31.8 Å². The van der Waals surface area contributed by atoms with Crippen LogP contribution in [-0.4, -0.2) is 21.6 Å². The van der Waals surface area contributed by atoms with Crippen molar-refractivity contribution >= 4 is 11.3 Å². The first kappa shape index (κ1) is 16.4. The number of piperidine rings is 1. The summed E-state index contributed by atoms with van der Waals surface area (Å²) in [5, 5.41) is 10.4. The first-order valence-electron chi connectivity index (χ1n) is 8.26. The Balaban J connectivity index is 1.55. The number of nitrogens with zero attached hydrogens (tertiary/aromatic N) is 3. The summed E-state index contributed by atoms with van der Waals surface area (Å²) in [6.07, 6.45) is 3.05. The highest BCUT2D eigenvalue weighted by Crippen LogP contribution is 2.33. The predicted molar refractivity (Wildman–Crippen MR) is 91.0 cm³/mol. The molecule has 1 aliphatic heterocycles. The van der Waals surface area contributed by atoms with Crippen LogP contribution in [0.4, 0.5) is 8.78 Å². The van der Waals surface area contributed by atoms with Gasteiger partial charge in [-0.05, 0) is 48.5 Å². The lowest BCUT2D eigenvalue weighted by atomic mass is 10.0. The molecule has 0 N–H and O–H groups in total. The molecule has 1 aromatic carbocycles. The Labute approximate surface area is 148 Å². The number of hydrogen-bond acceptors (Lipinski definition) is 5. The minimum atomic E-state index is -0.823. The average molecular weight is 361 g/mol. The summed E-state index contributed by atoms with van der Waals surface area (Å²) >= 11 is 1.56. The molecule has 0 amide bonds. The van der Waals surface area contributed by atoms with Crippen LogP contribution < -0.4 is 0 Å². The van der Waals surface area contributed by atoms with Crippen molar-refractivity contribution in [3.8, 4) is 10.8 Å². The van der Waals surface area contributed by atoms with Crippen LogP contribution >= 0.6 is 11.3 Å². The number of halogens is 2. The van der Waals surface area contributed by atoms with E-state index in [-0.39, 0.29) is 6.04 Å². The van der Waals surface area contributed by atoms with Crippen LogP contribution in [0.1, 0.15) is 36.8 Å². The molecule has 25 heavy (non-hydrogen) atoms. The van der Waals surface area contributed by atoms with Crippen molar-refractivity contribution in [2.24, 2.45) is 0 Å². The molecule has 4 nitrogen and oxygen atoms in total. The zero-order valence-corrected chi connectivity index (χ0v) is 14.3. The van der Waals surface area contributed by atoms with E-state index in [1.165, 1.54) is 12.1 Å². The second kappa shape index (κ2) is 7.01. The smallest absolute Gasteiger partial charge is 0.257 e. The molecule has 1 aliphatic rings. The van der Waals surface area contributed by atoms with Crippen molar-refractivity contribution in [1.82, 2.24) is 15.1 Å². The summed E-state index contributed by atoms with van der Waals surface area (Å²) in [4.78, 5) is 3.14. The van der Waals surface area contributed by atoms with Gasteiger partial charge < -0.3 is 4.42 Å². The van der Waals surface area contributed by atoms with Gasteiger partial charge in [-0.3, -0.25) is 4.90 Å². The Morgan fingerprint density at radius 2 is 2.08 bits per heavy atom. The predicted octanol–water partition coefficient (Wildman–Crippen LogP) is 4.80. The topological polar surface area (TPSA) is 42.2 Å². The van der Waals surface area contributed by atoms with Crippen LogP contribution in [0.3, 0.4) is 0 Å². The van der Waals surface area contributed by atoms with E-state index in [0.29, 0.717) is 18.3 Å². The first-order valence-corrected chi connectivity index (χ1v) is 9.14. The zero-order chi connectivity index (χ0) is 17.2. The van der Waals surface area contributed by atoms with Crippen molar-refractivity contribution in [1.29, 1.82) is 0 Å². The lowest BCUT2D eigenvalue weighted by Crippen LogP contribution is -2.33. The third kappa shape index (κ3) is 3.48. The Bertz CT molecular complexity index is 850. The molecule has 1 unspecified atom stereocenters. The van der Waals surface area contributed by atoms with Crippen molar-refractivity contribution in [3.63, 3.8) is 0 Å². The van der Waals surface area contributed by atoms with Crippen LogP contribution in [0.5, 0.6) is 0 Å². The highest BCUT2D eigenvalue weighted by Gasteiger charge is 2.29. The minimum absolute atomic E-state index is 0.00285. The van der Waals surface area contributed by atoms with Crippen molar-refractivity contribution in [3.05, 3.63) is 58.8 Å². The van der Waals surface area contributed by atoms with Crippen molar-refractivity contribution in [2.75, 3.05) is 6.54 Å². The molecule has 1 fully saturated rings. The van der Waals surface area contributed by atoms with Gasteiger partial charge in [0.2, 0.25) is 5.89 Å². The standard InChI is InChI=1S/C18H17F2N3OS/c19-13-7-6-12(10-14(13)20)11-23-8-2-1-4-15(23)17-21-22-18(24-17)16-5-3-9-25-16/h3,5-7,9-10,15H,1-2,4,8,11H2. The molecule has 4 rings (SSSR count). The average Bonchev–Trinajstić information content (AvgIpc) is 3.30. The maximum Gasteiger partial charge on any atom is 0.257 e. The number of thiophene rings is 1. The maximum absolute atomic E-state index is 13.5. The van der Waals surface area contributed by atoms with Crippen LogP contribution in [0.2, 0.25) is 0 Å². The maximum atomic E-state index is 13.5. The van der Waals surface area contributed by atoms with Gasteiger partial charge in [0.25, 0.3) is 5.89 Å². The Hall–Kier alpha value is -2.12. The molecular formula is C18H17F2N3OS. The number of hydrogen-bond donors (Lipinski definition) is 0. The summed E-state index contributed by atoms with van der Waals surface area (Å²) < 4.78 is 32.5. The van der Waals surface area contributed by atoms with Gasteiger partial charge in [-0.2, -0.15) is 0 Å². The summed E-state index contributed by atoms with van der Waals surface area (Å²) in [6.45, 7) is 1.39. The van der Waals surface area contributed by atoms with Gasteiger partial charge in [0.15, 0.2) is 11.6 Å². The second-order valence-electron chi connectivity index (χ2n) is 6.15. The molecule has 3 heterocycles. The number of benzene rings is 1. The van der Waals surface area contributed by atoms with E-state index in [2.05, 4.69) is 15.1 Å². The molecule has 0 aliphatic carbocycles. The molecule has 0 saturated carbocycles. The fraction of sp³-hybridized carbons (Fsp3) is 0.333. The van der Waals surface area contributed by atoms with E-state index in [4.69, 9.17) is 4.42 Å². The van der Waals surface area contributed by atoms with Crippen LogP contribution in [0.15, 0.2) is 40.1 Å². The third-order valence-electron chi connectivity index (χ3n) is 4.44.